The van der Waals surface area contributed by atoms with Crippen LogP contribution < -0.4 is 0 Å². The highest BCUT2D eigenvalue weighted by Crippen LogP contribution is 2.50. The molecule has 3 rings (SSSR count). The van der Waals surface area contributed by atoms with Gasteiger partial charge in [-0.15, -0.1) is 0 Å². The van der Waals surface area contributed by atoms with Crippen LogP contribution in [0.2, 0.25) is 0 Å². The van der Waals surface area contributed by atoms with Gasteiger partial charge < -0.3 is 0 Å². The van der Waals surface area contributed by atoms with Gasteiger partial charge in [-0.1, -0.05) is 37.8 Å². The molecule has 3 aliphatic carbocycles. The minimum absolute atomic E-state index is 1.03. The lowest BCUT2D eigenvalue weighted by Crippen LogP contribution is -2.35. The van der Waals surface area contributed by atoms with Crippen LogP contribution in [0.1, 0.15) is 57.8 Å². The Balaban J connectivity index is 1.70. The fourth-order valence-electron chi connectivity index (χ4n) is 4.53. The van der Waals surface area contributed by atoms with Crippen molar-refractivity contribution in [3.05, 3.63) is 12.2 Å². The van der Waals surface area contributed by atoms with Gasteiger partial charge >= 0.3 is 0 Å². The molecule has 0 nitrogen and oxygen atoms in total. The zero-order chi connectivity index (χ0) is 10.3. The third-order valence-electron chi connectivity index (χ3n) is 5.36. The van der Waals surface area contributed by atoms with Crippen molar-refractivity contribution in [2.24, 2.45) is 23.7 Å². The number of hydrogen-bond acceptors (Lipinski definition) is 0. The highest BCUT2D eigenvalue weighted by molar-refractivity contribution is 5.04. The average Bonchev–Trinajstić information content (AvgIpc) is 2.26. The van der Waals surface area contributed by atoms with Crippen molar-refractivity contribution in [3.8, 4) is 0 Å². The van der Waals surface area contributed by atoms with Gasteiger partial charge in [-0.3, -0.25) is 0 Å². The lowest BCUT2D eigenvalue weighted by Gasteiger charge is -2.46. The van der Waals surface area contributed by atoms with Crippen molar-refractivity contribution in [2.75, 3.05) is 0 Å². The third-order valence-corrected chi connectivity index (χ3v) is 5.36. The molecule has 0 aromatic heterocycles. The van der Waals surface area contributed by atoms with Crippen LogP contribution in [0.3, 0.4) is 0 Å². The second-order valence-electron chi connectivity index (χ2n) is 6.29. The van der Waals surface area contributed by atoms with Gasteiger partial charge in [-0.2, -0.15) is 0 Å². The first-order valence-corrected chi connectivity index (χ1v) is 6.99. The van der Waals surface area contributed by atoms with Gasteiger partial charge in [0.1, 0.15) is 0 Å². The van der Waals surface area contributed by atoms with Crippen LogP contribution in [-0.2, 0) is 0 Å². The Kier molecular flexibility index (Phi) is 2.62. The van der Waals surface area contributed by atoms with E-state index in [-0.39, 0.29) is 0 Å². The molecule has 0 saturated heterocycles. The summed E-state index contributed by atoms with van der Waals surface area (Å²) in [6, 6.07) is 0. The fraction of sp³-hybridized carbons (Fsp3) is 0.867. The van der Waals surface area contributed by atoms with Crippen molar-refractivity contribution in [3.63, 3.8) is 0 Å². The predicted molar refractivity (Wildman–Crippen MR) is 64.7 cm³/mol. The molecule has 3 aliphatic rings. The van der Waals surface area contributed by atoms with Crippen LogP contribution in [0.5, 0.6) is 0 Å². The SMILES string of the molecule is C=C1CCC2CC3CCCCC3CC2C1. The normalized spacial score (nSPS) is 45.7. The van der Waals surface area contributed by atoms with E-state index in [4.69, 9.17) is 0 Å². The molecule has 0 spiro atoms. The Bertz CT molecular complexity index is 253. The first-order valence-electron chi connectivity index (χ1n) is 6.99. The van der Waals surface area contributed by atoms with E-state index >= 15 is 0 Å². The maximum atomic E-state index is 4.21. The molecule has 4 atom stereocenters. The largest absolute Gasteiger partial charge is 0.0999 e. The molecule has 0 aromatic rings. The van der Waals surface area contributed by atoms with Crippen molar-refractivity contribution >= 4 is 0 Å². The summed E-state index contributed by atoms with van der Waals surface area (Å²) in [5, 5.41) is 0. The smallest absolute Gasteiger partial charge is 0.0292 e. The summed E-state index contributed by atoms with van der Waals surface area (Å²) in [5.74, 6) is 4.33. The van der Waals surface area contributed by atoms with E-state index in [0.717, 1.165) is 23.7 Å². The highest BCUT2D eigenvalue weighted by atomic mass is 14.4. The molecule has 0 radical (unpaired) electrons. The third kappa shape index (κ3) is 1.88. The summed E-state index contributed by atoms with van der Waals surface area (Å²) in [5.41, 5.74) is 1.55. The van der Waals surface area contributed by atoms with Gasteiger partial charge in [0.05, 0.1) is 0 Å². The summed E-state index contributed by atoms with van der Waals surface area (Å²) in [7, 11) is 0. The molecule has 84 valence electrons. The number of allylic oxidation sites excluding steroid dienone is 1. The molecule has 4 unspecified atom stereocenters. The number of rotatable bonds is 0. The van der Waals surface area contributed by atoms with Gasteiger partial charge in [-0.25, -0.2) is 0 Å². The Morgan fingerprint density at radius 3 is 2.13 bits per heavy atom. The molecule has 0 amide bonds. The van der Waals surface area contributed by atoms with E-state index in [0.29, 0.717) is 0 Å². The van der Waals surface area contributed by atoms with Gasteiger partial charge in [0.2, 0.25) is 0 Å². The first-order chi connectivity index (χ1) is 7.33. The van der Waals surface area contributed by atoms with Gasteiger partial charge in [-0.05, 0) is 55.8 Å². The molecular formula is C15H24. The summed E-state index contributed by atoms with van der Waals surface area (Å²) in [4.78, 5) is 0. The molecule has 0 bridgehead atoms. The predicted octanol–water partition coefficient (Wildman–Crippen LogP) is 4.56. The van der Waals surface area contributed by atoms with Crippen molar-refractivity contribution in [1.29, 1.82) is 0 Å². The molecule has 0 heterocycles. The zero-order valence-corrected chi connectivity index (χ0v) is 9.88. The van der Waals surface area contributed by atoms with Crippen LogP contribution in [0.15, 0.2) is 12.2 Å². The summed E-state index contributed by atoms with van der Waals surface area (Å²) in [6.07, 6.45) is 13.4. The second kappa shape index (κ2) is 3.96. The van der Waals surface area contributed by atoms with Gasteiger partial charge in [0, 0.05) is 0 Å². The minimum Gasteiger partial charge on any atom is -0.0999 e. The Hall–Kier alpha value is -0.260. The highest BCUT2D eigenvalue weighted by Gasteiger charge is 2.39. The standard InChI is InChI=1S/C15H24/c1-11-6-7-14-9-12-4-2-3-5-13(12)10-15(14)8-11/h12-15H,1-10H2. The molecule has 3 saturated carbocycles. The van der Waals surface area contributed by atoms with Crippen LogP contribution in [0, 0.1) is 23.7 Å². The van der Waals surface area contributed by atoms with Crippen molar-refractivity contribution in [1.82, 2.24) is 0 Å². The van der Waals surface area contributed by atoms with Crippen LogP contribution in [0.4, 0.5) is 0 Å². The Labute approximate surface area is 94.1 Å². The quantitative estimate of drug-likeness (QED) is 0.507. The van der Waals surface area contributed by atoms with E-state index < -0.39 is 0 Å². The van der Waals surface area contributed by atoms with Crippen LogP contribution in [0.25, 0.3) is 0 Å². The topological polar surface area (TPSA) is 0 Å². The second-order valence-corrected chi connectivity index (χ2v) is 6.29. The van der Waals surface area contributed by atoms with Gasteiger partial charge in [0.25, 0.3) is 0 Å². The van der Waals surface area contributed by atoms with Gasteiger partial charge in [0.15, 0.2) is 0 Å². The van der Waals surface area contributed by atoms with Crippen molar-refractivity contribution < 1.29 is 0 Å². The minimum atomic E-state index is 1.03. The van der Waals surface area contributed by atoms with E-state index in [1.165, 1.54) is 32.1 Å². The van der Waals surface area contributed by atoms with Crippen LogP contribution >= 0.6 is 0 Å². The van der Waals surface area contributed by atoms with E-state index in [9.17, 15) is 0 Å². The molecule has 0 aromatic carbocycles. The van der Waals surface area contributed by atoms with E-state index in [1.54, 1.807) is 31.3 Å². The molecule has 0 heteroatoms. The lowest BCUT2D eigenvalue weighted by atomic mass is 9.59. The maximum Gasteiger partial charge on any atom is -0.0292 e. The van der Waals surface area contributed by atoms with E-state index in [2.05, 4.69) is 6.58 Å². The Morgan fingerprint density at radius 2 is 1.40 bits per heavy atom. The fourth-order valence-corrected chi connectivity index (χ4v) is 4.53. The average molecular weight is 204 g/mol. The summed E-state index contributed by atoms with van der Waals surface area (Å²) >= 11 is 0. The van der Waals surface area contributed by atoms with Crippen LogP contribution in [-0.4, -0.2) is 0 Å². The Morgan fingerprint density at radius 1 is 0.800 bits per heavy atom. The van der Waals surface area contributed by atoms with Crippen molar-refractivity contribution in [2.45, 2.75) is 57.8 Å². The summed E-state index contributed by atoms with van der Waals surface area (Å²) in [6.45, 7) is 4.21. The zero-order valence-electron chi connectivity index (χ0n) is 9.88. The molecule has 0 N–H and O–H groups in total. The number of fused-ring (bicyclic) bond motifs is 2. The lowest BCUT2D eigenvalue weighted by molar-refractivity contribution is 0.0637. The number of hydrogen-bond donors (Lipinski definition) is 0. The van der Waals surface area contributed by atoms with E-state index in [1.807, 2.05) is 0 Å². The molecular weight excluding hydrogens is 180 g/mol. The molecule has 0 aliphatic heterocycles. The first kappa shape index (κ1) is 9.93. The summed E-state index contributed by atoms with van der Waals surface area (Å²) < 4.78 is 0. The molecule has 3 fully saturated rings. The maximum absolute atomic E-state index is 4.21. The monoisotopic (exact) mass is 204 g/mol. The molecule has 15 heavy (non-hydrogen) atoms.